The van der Waals surface area contributed by atoms with Crippen molar-refractivity contribution >= 4 is 5.69 Å². The Morgan fingerprint density at radius 2 is 1.95 bits per heavy atom. The summed E-state index contributed by atoms with van der Waals surface area (Å²) < 4.78 is 39.1. The number of anilines is 1. The minimum Gasteiger partial charge on any atom is -0.382 e. The Hall–Kier alpha value is -1.70. The predicted octanol–water partition coefficient (Wildman–Crippen LogP) is 5.35. The minimum absolute atomic E-state index is 0.0171. The summed E-state index contributed by atoms with van der Waals surface area (Å²) in [6, 6.07) is 5.35. The molecule has 1 aromatic rings. The van der Waals surface area contributed by atoms with Gasteiger partial charge in [-0.2, -0.15) is 18.4 Å². The quantitative estimate of drug-likeness (QED) is 0.689. The smallest absolute Gasteiger partial charge is 0.382 e. The van der Waals surface area contributed by atoms with Gasteiger partial charge in [0.05, 0.1) is 17.2 Å². The third-order valence-corrected chi connectivity index (χ3v) is 3.35. The number of alkyl halides is 3. The molecule has 2 nitrogen and oxygen atoms in total. The molecule has 1 N–H and O–H groups in total. The third-order valence-electron chi connectivity index (χ3n) is 3.35. The predicted molar refractivity (Wildman–Crippen MR) is 78.0 cm³/mol. The van der Waals surface area contributed by atoms with E-state index in [1.54, 1.807) is 6.07 Å². The van der Waals surface area contributed by atoms with Crippen molar-refractivity contribution in [2.45, 2.75) is 58.2 Å². The van der Waals surface area contributed by atoms with Crippen molar-refractivity contribution in [3.05, 3.63) is 29.3 Å². The fourth-order valence-electron chi connectivity index (χ4n) is 2.19. The molecule has 1 rings (SSSR count). The van der Waals surface area contributed by atoms with Gasteiger partial charge in [0, 0.05) is 11.7 Å². The SMILES string of the molecule is CCCCCCC(C)Nc1ccc(C#N)cc1C(F)(F)F. The number of nitrogens with one attached hydrogen (secondary N) is 1. The maximum atomic E-state index is 13.0. The summed E-state index contributed by atoms with van der Waals surface area (Å²) in [7, 11) is 0. The van der Waals surface area contributed by atoms with Crippen molar-refractivity contribution in [2.75, 3.05) is 5.32 Å². The van der Waals surface area contributed by atoms with E-state index in [1.807, 2.05) is 6.92 Å². The number of benzene rings is 1. The van der Waals surface area contributed by atoms with Gasteiger partial charge >= 0.3 is 6.18 Å². The van der Waals surface area contributed by atoms with E-state index < -0.39 is 11.7 Å². The molecule has 0 fully saturated rings. The molecule has 1 unspecified atom stereocenters. The van der Waals surface area contributed by atoms with E-state index in [-0.39, 0.29) is 17.3 Å². The highest BCUT2D eigenvalue weighted by Gasteiger charge is 2.34. The fraction of sp³-hybridized carbons (Fsp3) is 0.562. The van der Waals surface area contributed by atoms with E-state index in [0.717, 1.165) is 38.2 Å². The van der Waals surface area contributed by atoms with Crippen LogP contribution in [0.5, 0.6) is 0 Å². The van der Waals surface area contributed by atoms with Gasteiger partial charge in [-0.15, -0.1) is 0 Å². The second kappa shape index (κ2) is 7.92. The van der Waals surface area contributed by atoms with E-state index in [2.05, 4.69) is 12.2 Å². The molecule has 0 aliphatic heterocycles. The summed E-state index contributed by atoms with van der Waals surface area (Å²) in [4.78, 5) is 0. The molecule has 0 heterocycles. The van der Waals surface area contributed by atoms with Crippen LogP contribution in [0.3, 0.4) is 0 Å². The molecule has 0 aliphatic rings. The second-order valence-corrected chi connectivity index (χ2v) is 5.26. The molecule has 0 bridgehead atoms. The Bertz CT molecular complexity index is 489. The first-order chi connectivity index (χ1) is 9.88. The molecule has 1 atom stereocenters. The highest BCUT2D eigenvalue weighted by molar-refractivity contribution is 5.56. The van der Waals surface area contributed by atoms with Gasteiger partial charge < -0.3 is 5.32 Å². The molecule has 0 spiro atoms. The second-order valence-electron chi connectivity index (χ2n) is 5.26. The molecule has 5 heteroatoms. The van der Waals surface area contributed by atoms with E-state index in [4.69, 9.17) is 5.26 Å². The summed E-state index contributed by atoms with van der Waals surface area (Å²) in [6.07, 6.45) is 0.753. The Labute approximate surface area is 124 Å². The summed E-state index contributed by atoms with van der Waals surface area (Å²) in [5.41, 5.74) is -0.713. The van der Waals surface area contributed by atoms with Gasteiger partial charge in [-0.05, 0) is 31.5 Å². The number of hydrogen-bond donors (Lipinski definition) is 1. The molecule has 0 saturated carbocycles. The molecule has 0 aliphatic carbocycles. The standard InChI is InChI=1S/C16H21F3N2/c1-3-4-5-6-7-12(2)21-15-9-8-13(11-20)10-14(15)16(17,18)19/h8-10,12,21H,3-7H2,1-2H3. The van der Waals surface area contributed by atoms with Crippen molar-refractivity contribution in [3.63, 3.8) is 0 Å². The van der Waals surface area contributed by atoms with Crippen LogP contribution in [-0.4, -0.2) is 6.04 Å². The van der Waals surface area contributed by atoms with Crippen molar-refractivity contribution < 1.29 is 13.2 Å². The topological polar surface area (TPSA) is 35.8 Å². The van der Waals surface area contributed by atoms with Crippen molar-refractivity contribution in [2.24, 2.45) is 0 Å². The zero-order valence-electron chi connectivity index (χ0n) is 12.4. The number of rotatable bonds is 7. The molecule has 0 aromatic heterocycles. The van der Waals surface area contributed by atoms with E-state index >= 15 is 0 Å². The van der Waals surface area contributed by atoms with Crippen LogP contribution in [0.1, 0.15) is 57.1 Å². The van der Waals surface area contributed by atoms with Gasteiger partial charge in [-0.25, -0.2) is 0 Å². The Balaban J connectivity index is 2.76. The summed E-state index contributed by atoms with van der Waals surface area (Å²) >= 11 is 0. The minimum atomic E-state index is -4.46. The fourth-order valence-corrected chi connectivity index (χ4v) is 2.19. The lowest BCUT2D eigenvalue weighted by atomic mass is 10.1. The zero-order chi connectivity index (χ0) is 15.9. The summed E-state index contributed by atoms with van der Waals surface area (Å²) in [5, 5.41) is 11.6. The van der Waals surface area contributed by atoms with Gasteiger partial charge in [-0.3, -0.25) is 0 Å². The highest BCUT2D eigenvalue weighted by Crippen LogP contribution is 2.35. The van der Waals surface area contributed by atoms with Crippen molar-refractivity contribution in [1.82, 2.24) is 0 Å². The molecular weight excluding hydrogens is 277 g/mol. The van der Waals surface area contributed by atoms with Gasteiger partial charge in [0.25, 0.3) is 0 Å². The normalized spacial score (nSPS) is 12.8. The van der Waals surface area contributed by atoms with Crippen LogP contribution in [0.4, 0.5) is 18.9 Å². The van der Waals surface area contributed by atoms with Gasteiger partial charge in [0.2, 0.25) is 0 Å². The molecule has 0 saturated heterocycles. The van der Waals surface area contributed by atoms with Crippen LogP contribution < -0.4 is 5.32 Å². The number of halogens is 3. The maximum absolute atomic E-state index is 13.0. The third kappa shape index (κ3) is 5.66. The van der Waals surface area contributed by atoms with Crippen LogP contribution in [0, 0.1) is 11.3 Å². The van der Waals surface area contributed by atoms with Gasteiger partial charge in [-0.1, -0.05) is 32.6 Å². The number of unbranched alkanes of at least 4 members (excludes halogenated alkanes) is 3. The Morgan fingerprint density at radius 3 is 2.52 bits per heavy atom. The number of nitriles is 1. The average molecular weight is 298 g/mol. The lowest BCUT2D eigenvalue weighted by Gasteiger charge is -2.19. The van der Waals surface area contributed by atoms with Crippen LogP contribution in [-0.2, 0) is 6.18 Å². The molecule has 21 heavy (non-hydrogen) atoms. The number of nitrogens with zero attached hydrogens (tertiary/aromatic N) is 1. The summed E-state index contributed by atoms with van der Waals surface area (Å²) in [5.74, 6) is 0. The Morgan fingerprint density at radius 1 is 1.24 bits per heavy atom. The van der Waals surface area contributed by atoms with Crippen LogP contribution >= 0.6 is 0 Å². The molecular formula is C16H21F3N2. The van der Waals surface area contributed by atoms with Crippen LogP contribution in [0.2, 0.25) is 0 Å². The van der Waals surface area contributed by atoms with E-state index in [1.165, 1.54) is 12.1 Å². The maximum Gasteiger partial charge on any atom is 0.418 e. The lowest BCUT2D eigenvalue weighted by molar-refractivity contribution is -0.137. The number of hydrogen-bond acceptors (Lipinski definition) is 2. The Kier molecular flexibility index (Phi) is 6.54. The van der Waals surface area contributed by atoms with Crippen LogP contribution in [0.15, 0.2) is 18.2 Å². The first kappa shape index (κ1) is 17.4. The van der Waals surface area contributed by atoms with Gasteiger partial charge in [0.15, 0.2) is 0 Å². The average Bonchev–Trinajstić information content (AvgIpc) is 2.43. The molecule has 116 valence electrons. The first-order valence-corrected chi connectivity index (χ1v) is 7.26. The van der Waals surface area contributed by atoms with Crippen molar-refractivity contribution in [1.29, 1.82) is 5.26 Å². The first-order valence-electron chi connectivity index (χ1n) is 7.26. The largest absolute Gasteiger partial charge is 0.418 e. The highest BCUT2D eigenvalue weighted by atomic mass is 19.4. The summed E-state index contributed by atoms with van der Waals surface area (Å²) in [6.45, 7) is 4.00. The van der Waals surface area contributed by atoms with Gasteiger partial charge in [0.1, 0.15) is 0 Å². The van der Waals surface area contributed by atoms with E-state index in [9.17, 15) is 13.2 Å². The van der Waals surface area contributed by atoms with Crippen molar-refractivity contribution in [3.8, 4) is 6.07 Å². The molecule has 0 radical (unpaired) electrons. The van der Waals surface area contributed by atoms with E-state index in [0.29, 0.717) is 0 Å². The lowest BCUT2D eigenvalue weighted by Crippen LogP contribution is -2.19. The zero-order valence-corrected chi connectivity index (χ0v) is 12.4. The van der Waals surface area contributed by atoms with Crippen LogP contribution in [0.25, 0.3) is 0 Å². The molecule has 0 amide bonds. The molecule has 1 aromatic carbocycles. The monoisotopic (exact) mass is 298 g/mol.